The maximum atomic E-state index is 13.1. The van der Waals surface area contributed by atoms with Crippen molar-refractivity contribution in [3.05, 3.63) is 33.9 Å². The van der Waals surface area contributed by atoms with Gasteiger partial charge >= 0.3 is 6.18 Å². The van der Waals surface area contributed by atoms with Crippen LogP contribution in [0.1, 0.15) is 43.4 Å². The average Bonchev–Trinajstić information content (AvgIpc) is 3.15. The van der Waals surface area contributed by atoms with Crippen LogP contribution >= 0.6 is 0 Å². The van der Waals surface area contributed by atoms with Gasteiger partial charge in [-0.25, -0.2) is 9.51 Å². The van der Waals surface area contributed by atoms with E-state index in [1.54, 1.807) is 0 Å². The Morgan fingerprint density at radius 2 is 2.11 bits per heavy atom. The second-order valence-corrected chi connectivity index (χ2v) is 7.39. The van der Waals surface area contributed by atoms with Crippen LogP contribution in [-0.2, 0) is 0 Å². The number of rotatable bonds is 2. The second-order valence-electron chi connectivity index (χ2n) is 7.39. The Hall–Kier alpha value is -2.69. The first-order valence-corrected chi connectivity index (χ1v) is 8.93. The molecule has 1 atom stereocenters. The maximum Gasteiger partial charge on any atom is 0.399 e. The molecule has 0 radical (unpaired) electrons. The molecule has 0 amide bonds. The standard InChI is InChI=1S/C17H19F3N6O2/c1-16(17(18,19)20)7-12(16)23-14(25-28)10-8-22-26-11(6-13(27)24-15(10)26)9-2-4-21-5-3-9/h6,8-9,21,28H,2-5,7H2,1H3,(H,24,27)/b23-12+,25-14-. The second kappa shape index (κ2) is 6.43. The van der Waals surface area contributed by atoms with Crippen LogP contribution < -0.4 is 10.9 Å². The molecule has 1 unspecified atom stereocenters. The minimum Gasteiger partial charge on any atom is -0.409 e. The van der Waals surface area contributed by atoms with E-state index in [-0.39, 0.29) is 40.7 Å². The summed E-state index contributed by atoms with van der Waals surface area (Å²) < 4.78 is 40.8. The van der Waals surface area contributed by atoms with Crippen LogP contribution in [-0.4, -0.2) is 50.6 Å². The fraction of sp³-hybridized carbons (Fsp3) is 0.529. The molecule has 11 heteroatoms. The minimum atomic E-state index is -4.43. The third kappa shape index (κ3) is 2.99. The number of nitrogens with one attached hydrogen (secondary N) is 2. The van der Waals surface area contributed by atoms with Crippen molar-refractivity contribution in [3.8, 4) is 0 Å². The number of oxime groups is 1. The summed E-state index contributed by atoms with van der Waals surface area (Å²) in [5, 5.41) is 19.9. The van der Waals surface area contributed by atoms with Gasteiger partial charge in [0, 0.05) is 24.1 Å². The van der Waals surface area contributed by atoms with E-state index in [9.17, 15) is 23.2 Å². The van der Waals surface area contributed by atoms with Crippen LogP contribution in [0.2, 0.25) is 0 Å². The summed E-state index contributed by atoms with van der Waals surface area (Å²) in [6.07, 6.45) is -1.68. The predicted molar refractivity (Wildman–Crippen MR) is 95.2 cm³/mol. The lowest BCUT2D eigenvalue weighted by atomic mass is 9.94. The van der Waals surface area contributed by atoms with Gasteiger partial charge in [-0.15, -0.1) is 0 Å². The predicted octanol–water partition coefficient (Wildman–Crippen LogP) is 2.04. The Bertz CT molecular complexity index is 1030. The van der Waals surface area contributed by atoms with Crippen molar-refractivity contribution in [2.24, 2.45) is 15.6 Å². The van der Waals surface area contributed by atoms with Crippen LogP contribution in [0.15, 0.2) is 27.2 Å². The molecule has 1 aliphatic carbocycles. The number of aliphatic imine (C=N–C) groups is 1. The topological polar surface area (TPSA) is 107 Å². The van der Waals surface area contributed by atoms with E-state index < -0.39 is 11.6 Å². The Labute approximate surface area is 157 Å². The van der Waals surface area contributed by atoms with Crippen LogP contribution in [0.3, 0.4) is 0 Å². The van der Waals surface area contributed by atoms with Gasteiger partial charge in [0.1, 0.15) is 11.1 Å². The molecule has 3 heterocycles. The average molecular weight is 396 g/mol. The van der Waals surface area contributed by atoms with Crippen molar-refractivity contribution in [2.75, 3.05) is 13.1 Å². The summed E-state index contributed by atoms with van der Waals surface area (Å²) in [6.45, 7) is 2.69. The summed E-state index contributed by atoms with van der Waals surface area (Å²) in [7, 11) is 0. The molecule has 1 saturated carbocycles. The van der Waals surface area contributed by atoms with Crippen molar-refractivity contribution in [2.45, 2.75) is 38.3 Å². The molecule has 0 spiro atoms. The number of aromatic amines is 1. The van der Waals surface area contributed by atoms with Crippen LogP contribution in [0.25, 0.3) is 5.65 Å². The summed E-state index contributed by atoms with van der Waals surface area (Å²) in [4.78, 5) is 18.7. The Morgan fingerprint density at radius 3 is 2.71 bits per heavy atom. The molecule has 0 aromatic carbocycles. The third-order valence-electron chi connectivity index (χ3n) is 5.53. The minimum absolute atomic E-state index is 0.121. The molecule has 3 N–H and O–H groups in total. The Morgan fingerprint density at radius 1 is 1.39 bits per heavy atom. The lowest BCUT2D eigenvalue weighted by molar-refractivity contribution is -0.172. The first-order valence-electron chi connectivity index (χ1n) is 8.93. The molecule has 28 heavy (non-hydrogen) atoms. The quantitative estimate of drug-likeness (QED) is 0.313. The number of aromatic nitrogens is 3. The molecule has 2 aromatic heterocycles. The number of H-pyrrole nitrogens is 1. The molecule has 4 rings (SSSR count). The number of hydrogen-bond donors (Lipinski definition) is 3. The molecule has 1 saturated heterocycles. The number of hydrogen-bond acceptors (Lipinski definition) is 5. The SMILES string of the molecule is CC1(C(F)(F)F)C/C1=N\C(=N/O)c1cnn2c(C3CCNCC3)cc(=O)[nH]c12. The molecule has 150 valence electrons. The number of nitrogens with zero attached hydrogens (tertiary/aromatic N) is 4. The van der Waals surface area contributed by atoms with Gasteiger partial charge in [-0.1, -0.05) is 5.16 Å². The molecule has 1 aliphatic heterocycles. The van der Waals surface area contributed by atoms with Gasteiger partial charge in [-0.3, -0.25) is 4.79 Å². The van der Waals surface area contributed by atoms with E-state index in [0.717, 1.165) is 32.9 Å². The molecular formula is C17H19F3N6O2. The highest BCUT2D eigenvalue weighted by Crippen LogP contribution is 2.54. The van der Waals surface area contributed by atoms with E-state index in [2.05, 4.69) is 25.5 Å². The van der Waals surface area contributed by atoms with Crippen molar-refractivity contribution in [3.63, 3.8) is 0 Å². The first-order chi connectivity index (χ1) is 13.2. The monoisotopic (exact) mass is 396 g/mol. The summed E-state index contributed by atoms with van der Waals surface area (Å²) in [6, 6.07) is 1.48. The molecular weight excluding hydrogens is 377 g/mol. The zero-order valence-corrected chi connectivity index (χ0v) is 15.0. The van der Waals surface area contributed by atoms with Gasteiger partial charge in [0.25, 0.3) is 5.56 Å². The van der Waals surface area contributed by atoms with E-state index in [4.69, 9.17) is 0 Å². The largest absolute Gasteiger partial charge is 0.409 e. The van der Waals surface area contributed by atoms with Crippen molar-refractivity contribution in [1.29, 1.82) is 0 Å². The van der Waals surface area contributed by atoms with Crippen LogP contribution in [0.4, 0.5) is 13.2 Å². The van der Waals surface area contributed by atoms with Gasteiger partial charge < -0.3 is 15.5 Å². The van der Waals surface area contributed by atoms with E-state index in [1.165, 1.54) is 16.8 Å². The zero-order valence-electron chi connectivity index (χ0n) is 15.0. The number of halogens is 3. The van der Waals surface area contributed by atoms with E-state index in [0.29, 0.717) is 5.69 Å². The summed E-state index contributed by atoms with van der Waals surface area (Å²) >= 11 is 0. The number of alkyl halides is 3. The molecule has 2 fully saturated rings. The molecule has 2 aromatic rings. The fourth-order valence-electron chi connectivity index (χ4n) is 3.57. The Balaban J connectivity index is 1.75. The maximum absolute atomic E-state index is 13.1. The molecule has 8 nitrogen and oxygen atoms in total. The lowest BCUT2D eigenvalue weighted by Gasteiger charge is -2.23. The third-order valence-corrected chi connectivity index (χ3v) is 5.53. The highest BCUT2D eigenvalue weighted by atomic mass is 19.4. The molecule has 0 bridgehead atoms. The van der Waals surface area contributed by atoms with Crippen molar-refractivity contribution >= 4 is 17.2 Å². The summed E-state index contributed by atoms with van der Waals surface area (Å²) in [5.41, 5.74) is -1.38. The molecule has 2 aliphatic rings. The lowest BCUT2D eigenvalue weighted by Crippen LogP contribution is -2.28. The smallest absolute Gasteiger partial charge is 0.399 e. The van der Waals surface area contributed by atoms with Gasteiger partial charge in [-0.05, 0) is 32.9 Å². The first kappa shape index (κ1) is 18.7. The van der Waals surface area contributed by atoms with E-state index >= 15 is 0 Å². The zero-order chi connectivity index (χ0) is 20.1. The van der Waals surface area contributed by atoms with E-state index in [1.807, 2.05) is 0 Å². The number of fused-ring (bicyclic) bond motifs is 1. The van der Waals surface area contributed by atoms with Crippen LogP contribution in [0, 0.1) is 5.41 Å². The van der Waals surface area contributed by atoms with Crippen molar-refractivity contribution < 1.29 is 18.4 Å². The Kier molecular flexibility index (Phi) is 4.29. The van der Waals surface area contributed by atoms with Crippen molar-refractivity contribution in [1.82, 2.24) is 19.9 Å². The van der Waals surface area contributed by atoms with Gasteiger partial charge in [-0.2, -0.15) is 18.3 Å². The normalized spacial score (nSPS) is 25.6. The number of amidine groups is 1. The van der Waals surface area contributed by atoms with Gasteiger partial charge in [0.05, 0.1) is 17.5 Å². The highest BCUT2D eigenvalue weighted by molar-refractivity contribution is 6.16. The van der Waals surface area contributed by atoms with Gasteiger partial charge in [0.2, 0.25) is 5.84 Å². The van der Waals surface area contributed by atoms with Crippen LogP contribution in [0.5, 0.6) is 0 Å². The number of piperidine rings is 1. The van der Waals surface area contributed by atoms with Gasteiger partial charge in [0.15, 0.2) is 0 Å². The fourth-order valence-corrected chi connectivity index (χ4v) is 3.57. The highest BCUT2D eigenvalue weighted by Gasteiger charge is 2.65. The summed E-state index contributed by atoms with van der Waals surface area (Å²) in [5.74, 6) is -0.187.